The van der Waals surface area contributed by atoms with Gasteiger partial charge in [-0.15, -0.1) is 0 Å². The number of carbonyl (C=O) groups is 1. The van der Waals surface area contributed by atoms with Crippen molar-refractivity contribution in [2.45, 2.75) is 0 Å². The van der Waals surface area contributed by atoms with Gasteiger partial charge in [0.1, 0.15) is 0 Å². The largest absolute Gasteiger partial charge is 0.319 e. The third kappa shape index (κ3) is 3.00. The third-order valence-corrected chi connectivity index (χ3v) is 4.90. The molecule has 0 bridgehead atoms. The molecule has 3 aromatic carbocycles. The van der Waals surface area contributed by atoms with E-state index in [4.69, 9.17) is 0 Å². The van der Waals surface area contributed by atoms with Gasteiger partial charge < -0.3 is 5.32 Å². The summed E-state index contributed by atoms with van der Waals surface area (Å²) in [5, 5.41) is 9.18. The maximum atomic E-state index is 13.2. The molecule has 0 saturated carbocycles. The van der Waals surface area contributed by atoms with Crippen LogP contribution >= 0.6 is 0 Å². The van der Waals surface area contributed by atoms with E-state index in [-0.39, 0.29) is 11.3 Å². The van der Waals surface area contributed by atoms with Crippen LogP contribution in [0, 0.1) is 0 Å². The molecule has 30 heavy (non-hydrogen) atoms. The monoisotopic (exact) mass is 392 g/mol. The number of hydrogen-bond donors (Lipinski definition) is 1. The second-order valence-electron chi connectivity index (χ2n) is 6.78. The lowest BCUT2D eigenvalue weighted by molar-refractivity contribution is 0.102. The third-order valence-electron chi connectivity index (χ3n) is 4.90. The Labute approximate surface area is 171 Å². The van der Waals surface area contributed by atoms with Crippen molar-refractivity contribution in [3.05, 3.63) is 107 Å². The number of pyridine rings is 1. The number of nitrogens with zero attached hydrogens (tertiary/aromatic N) is 3. The van der Waals surface area contributed by atoms with E-state index in [1.165, 1.54) is 4.68 Å². The van der Waals surface area contributed by atoms with Crippen molar-refractivity contribution in [2.24, 2.45) is 0 Å². The summed E-state index contributed by atoms with van der Waals surface area (Å²) in [7, 11) is 0. The van der Waals surface area contributed by atoms with E-state index in [1.54, 1.807) is 48.7 Å². The van der Waals surface area contributed by atoms with Crippen LogP contribution in [0.3, 0.4) is 0 Å². The van der Waals surface area contributed by atoms with Crippen LogP contribution in [-0.4, -0.2) is 20.7 Å². The molecule has 0 aliphatic heterocycles. The van der Waals surface area contributed by atoms with E-state index in [0.717, 1.165) is 5.39 Å². The lowest BCUT2D eigenvalue weighted by Crippen LogP contribution is -2.26. The molecule has 1 amide bonds. The Morgan fingerprint density at radius 2 is 1.53 bits per heavy atom. The van der Waals surface area contributed by atoms with Gasteiger partial charge in [-0.25, -0.2) is 0 Å². The fourth-order valence-electron chi connectivity index (χ4n) is 3.49. The standard InChI is InChI=1S/C24H16N4O2/c29-23(26-20-14-6-8-16-9-7-15-25-21(16)20)22-18-12-4-5-13-19(18)24(30)28(27-22)17-10-2-1-3-11-17/h1-15H,(H,26,29). The number of nitrogens with one attached hydrogen (secondary N) is 1. The molecule has 6 nitrogen and oxygen atoms in total. The molecule has 0 atom stereocenters. The van der Waals surface area contributed by atoms with Crippen LogP contribution in [0.15, 0.2) is 95.9 Å². The second kappa shape index (κ2) is 7.25. The van der Waals surface area contributed by atoms with Crippen LogP contribution < -0.4 is 10.9 Å². The number of fused-ring (bicyclic) bond motifs is 2. The van der Waals surface area contributed by atoms with Crippen LogP contribution in [0.25, 0.3) is 27.4 Å². The molecule has 5 rings (SSSR count). The molecule has 0 unspecified atom stereocenters. The molecule has 1 N–H and O–H groups in total. The zero-order chi connectivity index (χ0) is 20.5. The van der Waals surface area contributed by atoms with E-state index in [9.17, 15) is 9.59 Å². The van der Waals surface area contributed by atoms with Crippen LogP contribution in [0.1, 0.15) is 10.5 Å². The molecular weight excluding hydrogens is 376 g/mol. The van der Waals surface area contributed by atoms with Crippen LogP contribution in [0.2, 0.25) is 0 Å². The first-order valence-electron chi connectivity index (χ1n) is 9.45. The van der Waals surface area contributed by atoms with Gasteiger partial charge in [0.15, 0.2) is 5.69 Å². The summed E-state index contributed by atoms with van der Waals surface area (Å²) in [6.45, 7) is 0. The Morgan fingerprint density at radius 3 is 2.37 bits per heavy atom. The second-order valence-corrected chi connectivity index (χ2v) is 6.78. The van der Waals surface area contributed by atoms with Gasteiger partial charge in [0.05, 0.1) is 22.3 Å². The summed E-state index contributed by atoms with van der Waals surface area (Å²) in [6, 6.07) is 25.4. The first-order chi connectivity index (χ1) is 14.7. The van der Waals surface area contributed by atoms with Gasteiger partial charge >= 0.3 is 0 Å². The van der Waals surface area contributed by atoms with Gasteiger partial charge in [-0.2, -0.15) is 9.78 Å². The van der Waals surface area contributed by atoms with E-state index in [2.05, 4.69) is 15.4 Å². The minimum Gasteiger partial charge on any atom is -0.319 e. The Balaban J connectivity index is 1.67. The first-order valence-corrected chi connectivity index (χ1v) is 9.45. The minimum atomic E-state index is -0.408. The fourth-order valence-corrected chi connectivity index (χ4v) is 3.49. The topological polar surface area (TPSA) is 76.9 Å². The summed E-state index contributed by atoms with van der Waals surface area (Å²) in [5.41, 5.74) is 1.76. The van der Waals surface area contributed by atoms with E-state index < -0.39 is 5.91 Å². The van der Waals surface area contributed by atoms with E-state index in [1.807, 2.05) is 42.5 Å². The Bertz CT molecular complexity index is 1450. The van der Waals surface area contributed by atoms with E-state index >= 15 is 0 Å². The summed E-state index contributed by atoms with van der Waals surface area (Å²) < 4.78 is 1.26. The summed E-state index contributed by atoms with van der Waals surface area (Å²) in [6.07, 6.45) is 1.68. The number of rotatable bonds is 3. The Hall–Kier alpha value is -4.32. The predicted octanol–water partition coefficient (Wildman–Crippen LogP) is 4.19. The molecule has 0 fully saturated rings. The minimum absolute atomic E-state index is 0.169. The predicted molar refractivity (Wildman–Crippen MR) is 117 cm³/mol. The number of aromatic nitrogens is 3. The quantitative estimate of drug-likeness (QED) is 0.500. The van der Waals surface area contributed by atoms with Crippen molar-refractivity contribution < 1.29 is 4.79 Å². The number of carbonyl (C=O) groups excluding carboxylic acids is 1. The maximum Gasteiger partial charge on any atom is 0.279 e. The molecule has 0 saturated heterocycles. The fraction of sp³-hybridized carbons (Fsp3) is 0. The number of para-hydroxylation sites is 2. The molecule has 0 aliphatic rings. The van der Waals surface area contributed by atoms with Crippen molar-refractivity contribution >= 4 is 33.3 Å². The van der Waals surface area contributed by atoms with Crippen molar-refractivity contribution in [1.29, 1.82) is 0 Å². The van der Waals surface area contributed by atoms with Gasteiger partial charge in [-0.1, -0.05) is 54.6 Å². The van der Waals surface area contributed by atoms with Crippen molar-refractivity contribution in [2.75, 3.05) is 5.32 Å². The first kappa shape index (κ1) is 17.8. The Morgan fingerprint density at radius 1 is 0.800 bits per heavy atom. The number of hydrogen-bond acceptors (Lipinski definition) is 4. The van der Waals surface area contributed by atoms with E-state index in [0.29, 0.717) is 27.7 Å². The smallest absolute Gasteiger partial charge is 0.279 e. The molecule has 0 spiro atoms. The average Bonchev–Trinajstić information content (AvgIpc) is 2.80. The van der Waals surface area contributed by atoms with Crippen molar-refractivity contribution in [3.63, 3.8) is 0 Å². The highest BCUT2D eigenvalue weighted by molar-refractivity contribution is 6.13. The van der Waals surface area contributed by atoms with Gasteiger partial charge in [-0.3, -0.25) is 14.6 Å². The van der Waals surface area contributed by atoms with Crippen LogP contribution in [0.5, 0.6) is 0 Å². The highest BCUT2D eigenvalue weighted by atomic mass is 16.2. The normalized spacial score (nSPS) is 10.9. The highest BCUT2D eigenvalue weighted by Gasteiger charge is 2.18. The number of anilines is 1. The van der Waals surface area contributed by atoms with Crippen LogP contribution in [0.4, 0.5) is 5.69 Å². The zero-order valence-electron chi connectivity index (χ0n) is 15.8. The molecule has 2 aromatic heterocycles. The van der Waals surface area contributed by atoms with Crippen LogP contribution in [-0.2, 0) is 0 Å². The molecule has 0 aliphatic carbocycles. The highest BCUT2D eigenvalue weighted by Crippen LogP contribution is 2.22. The van der Waals surface area contributed by atoms with Gasteiger partial charge in [0.2, 0.25) is 0 Å². The summed E-state index contributed by atoms with van der Waals surface area (Å²) in [5.74, 6) is -0.408. The van der Waals surface area contributed by atoms with Gasteiger partial charge in [-0.05, 0) is 30.3 Å². The number of amides is 1. The molecular formula is C24H16N4O2. The molecule has 5 aromatic rings. The lowest BCUT2D eigenvalue weighted by atomic mass is 10.1. The van der Waals surface area contributed by atoms with Crippen molar-refractivity contribution in [1.82, 2.24) is 14.8 Å². The molecule has 0 radical (unpaired) electrons. The number of benzene rings is 3. The average molecular weight is 392 g/mol. The van der Waals surface area contributed by atoms with Gasteiger partial charge in [0.25, 0.3) is 11.5 Å². The van der Waals surface area contributed by atoms with Crippen molar-refractivity contribution in [3.8, 4) is 5.69 Å². The summed E-state index contributed by atoms with van der Waals surface area (Å²) in [4.78, 5) is 30.6. The molecule has 6 heteroatoms. The van der Waals surface area contributed by atoms with Gasteiger partial charge in [0, 0.05) is 17.0 Å². The summed E-state index contributed by atoms with van der Waals surface area (Å²) >= 11 is 0. The molecule has 144 valence electrons. The zero-order valence-corrected chi connectivity index (χ0v) is 15.8. The Kier molecular flexibility index (Phi) is 4.29. The lowest BCUT2D eigenvalue weighted by Gasteiger charge is -2.12. The molecule has 2 heterocycles. The maximum absolute atomic E-state index is 13.2. The SMILES string of the molecule is O=C(Nc1cccc2cccnc12)c1nn(-c2ccccc2)c(=O)c2ccccc12.